The molecule has 1 heterocycles. The molecule has 0 fully saturated rings. The summed E-state index contributed by atoms with van der Waals surface area (Å²) < 4.78 is 1.17. The Morgan fingerprint density at radius 2 is 1.94 bits per heavy atom. The van der Waals surface area contributed by atoms with Crippen molar-refractivity contribution in [2.24, 2.45) is 0 Å². The Balaban J connectivity index is 1.80. The van der Waals surface area contributed by atoms with Crippen molar-refractivity contribution in [1.82, 2.24) is 5.32 Å². The standard InChI is InChI=1S/C14H16BrNOS/c1-10(13-6-7-14(15)18-13)16-9-8-11-2-4-12(17)5-3-11/h2-7,10,16-17H,8-9H2,1H3. The Morgan fingerprint density at radius 1 is 1.22 bits per heavy atom. The summed E-state index contributed by atoms with van der Waals surface area (Å²) in [4.78, 5) is 1.34. The average Bonchev–Trinajstić information content (AvgIpc) is 2.78. The number of benzene rings is 1. The van der Waals surface area contributed by atoms with E-state index in [1.165, 1.54) is 14.2 Å². The first-order chi connectivity index (χ1) is 8.65. The Bertz CT molecular complexity index is 495. The van der Waals surface area contributed by atoms with Crippen LogP contribution in [0.1, 0.15) is 23.4 Å². The van der Waals surface area contributed by atoms with Gasteiger partial charge >= 0.3 is 0 Å². The van der Waals surface area contributed by atoms with Crippen molar-refractivity contribution in [3.05, 3.63) is 50.6 Å². The first kappa shape index (κ1) is 13.6. The van der Waals surface area contributed by atoms with Crippen LogP contribution >= 0.6 is 27.3 Å². The highest BCUT2D eigenvalue weighted by molar-refractivity contribution is 9.11. The summed E-state index contributed by atoms with van der Waals surface area (Å²) in [5.41, 5.74) is 1.24. The smallest absolute Gasteiger partial charge is 0.115 e. The lowest BCUT2D eigenvalue weighted by atomic mass is 10.1. The summed E-state index contributed by atoms with van der Waals surface area (Å²) in [5, 5.41) is 12.7. The third-order valence-corrected chi connectivity index (χ3v) is 4.63. The molecular formula is C14H16BrNOS. The molecule has 0 spiro atoms. The molecule has 2 aromatic rings. The van der Waals surface area contributed by atoms with Gasteiger partial charge in [0.05, 0.1) is 3.79 Å². The van der Waals surface area contributed by atoms with Gasteiger partial charge in [0.15, 0.2) is 0 Å². The molecule has 1 aromatic heterocycles. The largest absolute Gasteiger partial charge is 0.508 e. The number of nitrogens with one attached hydrogen (secondary N) is 1. The Hall–Kier alpha value is -0.840. The molecule has 0 bridgehead atoms. The first-order valence-corrected chi connectivity index (χ1v) is 7.52. The van der Waals surface area contributed by atoms with Gasteiger partial charge in [-0.25, -0.2) is 0 Å². The molecule has 0 aliphatic carbocycles. The second-order valence-electron chi connectivity index (χ2n) is 4.23. The van der Waals surface area contributed by atoms with E-state index in [9.17, 15) is 5.11 Å². The molecule has 1 unspecified atom stereocenters. The van der Waals surface area contributed by atoms with Crippen molar-refractivity contribution >= 4 is 27.3 Å². The minimum absolute atomic E-state index is 0.323. The zero-order valence-electron chi connectivity index (χ0n) is 10.2. The van der Waals surface area contributed by atoms with E-state index in [2.05, 4.69) is 40.3 Å². The van der Waals surface area contributed by atoms with Crippen LogP contribution in [0.15, 0.2) is 40.2 Å². The molecule has 2 nitrogen and oxygen atoms in total. The summed E-state index contributed by atoms with van der Waals surface area (Å²) in [6.07, 6.45) is 0.969. The average molecular weight is 326 g/mol. The van der Waals surface area contributed by atoms with Gasteiger partial charge in [0, 0.05) is 10.9 Å². The molecular weight excluding hydrogens is 310 g/mol. The number of rotatable bonds is 5. The van der Waals surface area contributed by atoms with Gasteiger partial charge < -0.3 is 10.4 Å². The number of aromatic hydroxyl groups is 1. The number of hydrogen-bond donors (Lipinski definition) is 2. The van der Waals surface area contributed by atoms with E-state index >= 15 is 0 Å². The molecule has 1 aromatic carbocycles. The number of halogens is 1. The zero-order valence-corrected chi connectivity index (χ0v) is 12.6. The Morgan fingerprint density at radius 3 is 2.56 bits per heavy atom. The van der Waals surface area contributed by atoms with Gasteiger partial charge in [0.25, 0.3) is 0 Å². The maximum absolute atomic E-state index is 9.20. The molecule has 96 valence electrons. The lowest BCUT2D eigenvalue weighted by Crippen LogP contribution is -2.20. The number of phenols is 1. The summed E-state index contributed by atoms with van der Waals surface area (Å²) in [7, 11) is 0. The normalized spacial score (nSPS) is 12.6. The highest BCUT2D eigenvalue weighted by Gasteiger charge is 2.06. The monoisotopic (exact) mass is 325 g/mol. The van der Waals surface area contributed by atoms with Gasteiger partial charge in [0.2, 0.25) is 0 Å². The predicted octanol–water partition coefficient (Wildman–Crippen LogP) is 4.11. The lowest BCUT2D eigenvalue weighted by Gasteiger charge is -2.11. The highest BCUT2D eigenvalue weighted by atomic mass is 79.9. The topological polar surface area (TPSA) is 32.3 Å². The molecule has 0 radical (unpaired) electrons. The minimum atomic E-state index is 0.323. The Kier molecular flexibility index (Phi) is 4.80. The minimum Gasteiger partial charge on any atom is -0.508 e. The summed E-state index contributed by atoms with van der Waals surface area (Å²) in [6.45, 7) is 3.11. The van der Waals surface area contributed by atoms with Crippen LogP contribution in [0.2, 0.25) is 0 Å². The van der Waals surface area contributed by atoms with Crippen molar-refractivity contribution in [2.75, 3.05) is 6.54 Å². The fourth-order valence-corrected chi connectivity index (χ4v) is 3.21. The molecule has 0 aliphatic heterocycles. The van der Waals surface area contributed by atoms with Crippen LogP contribution in [-0.4, -0.2) is 11.7 Å². The number of phenolic OH excluding ortho intramolecular Hbond substituents is 1. The third kappa shape index (κ3) is 3.83. The van der Waals surface area contributed by atoms with Crippen LogP contribution in [0.5, 0.6) is 5.75 Å². The maximum Gasteiger partial charge on any atom is 0.115 e. The van der Waals surface area contributed by atoms with Crippen molar-refractivity contribution in [3.8, 4) is 5.75 Å². The van der Waals surface area contributed by atoms with Crippen molar-refractivity contribution in [2.45, 2.75) is 19.4 Å². The van der Waals surface area contributed by atoms with E-state index in [4.69, 9.17) is 0 Å². The molecule has 2 rings (SSSR count). The van der Waals surface area contributed by atoms with Gasteiger partial charge in [-0.05, 0) is 65.6 Å². The predicted molar refractivity (Wildman–Crippen MR) is 80.2 cm³/mol. The molecule has 0 aliphatic rings. The van der Waals surface area contributed by atoms with Crippen LogP contribution in [0.4, 0.5) is 0 Å². The van der Waals surface area contributed by atoms with Gasteiger partial charge in [-0.2, -0.15) is 0 Å². The second-order valence-corrected chi connectivity index (χ2v) is 6.73. The van der Waals surface area contributed by atoms with E-state index in [1.807, 2.05) is 12.1 Å². The van der Waals surface area contributed by atoms with E-state index in [0.717, 1.165) is 13.0 Å². The molecule has 1 atom stereocenters. The van der Waals surface area contributed by atoms with Crippen LogP contribution in [0.3, 0.4) is 0 Å². The van der Waals surface area contributed by atoms with Gasteiger partial charge in [-0.1, -0.05) is 12.1 Å². The zero-order chi connectivity index (χ0) is 13.0. The van der Waals surface area contributed by atoms with E-state index in [0.29, 0.717) is 11.8 Å². The fourth-order valence-electron chi connectivity index (χ4n) is 1.76. The van der Waals surface area contributed by atoms with Gasteiger partial charge in [-0.15, -0.1) is 11.3 Å². The number of thiophene rings is 1. The fraction of sp³-hybridized carbons (Fsp3) is 0.286. The highest BCUT2D eigenvalue weighted by Crippen LogP contribution is 2.26. The second kappa shape index (κ2) is 6.36. The molecule has 4 heteroatoms. The van der Waals surface area contributed by atoms with Crippen molar-refractivity contribution < 1.29 is 5.11 Å². The van der Waals surface area contributed by atoms with Crippen LogP contribution in [0.25, 0.3) is 0 Å². The SMILES string of the molecule is CC(NCCc1ccc(O)cc1)c1ccc(Br)s1. The van der Waals surface area contributed by atoms with Crippen molar-refractivity contribution in [1.29, 1.82) is 0 Å². The first-order valence-electron chi connectivity index (χ1n) is 5.91. The molecule has 2 N–H and O–H groups in total. The quantitative estimate of drug-likeness (QED) is 0.867. The molecule has 0 saturated carbocycles. The van der Waals surface area contributed by atoms with Crippen molar-refractivity contribution in [3.63, 3.8) is 0 Å². The third-order valence-electron chi connectivity index (χ3n) is 2.82. The van der Waals surface area contributed by atoms with Gasteiger partial charge in [-0.3, -0.25) is 0 Å². The van der Waals surface area contributed by atoms with E-state index in [-0.39, 0.29) is 0 Å². The summed E-state index contributed by atoms with van der Waals surface area (Å²) >= 11 is 5.24. The van der Waals surface area contributed by atoms with E-state index < -0.39 is 0 Å². The lowest BCUT2D eigenvalue weighted by molar-refractivity contribution is 0.475. The molecule has 0 amide bonds. The van der Waals surface area contributed by atoms with Crippen LogP contribution < -0.4 is 5.32 Å². The summed E-state index contributed by atoms with van der Waals surface area (Å²) in [6, 6.07) is 12.0. The van der Waals surface area contributed by atoms with Crippen LogP contribution in [0, 0.1) is 0 Å². The van der Waals surface area contributed by atoms with E-state index in [1.54, 1.807) is 23.5 Å². The molecule has 0 saturated heterocycles. The van der Waals surface area contributed by atoms with Crippen LogP contribution in [-0.2, 0) is 6.42 Å². The summed E-state index contributed by atoms with van der Waals surface area (Å²) in [5.74, 6) is 0.323. The number of hydrogen-bond acceptors (Lipinski definition) is 3. The van der Waals surface area contributed by atoms with Gasteiger partial charge in [0.1, 0.15) is 5.75 Å². The molecule has 18 heavy (non-hydrogen) atoms. The Labute approximate surface area is 120 Å². The maximum atomic E-state index is 9.20.